The van der Waals surface area contributed by atoms with Crippen LogP contribution in [0.15, 0.2) is 0 Å². The van der Waals surface area contributed by atoms with Crippen molar-refractivity contribution in [2.24, 2.45) is 0 Å². The van der Waals surface area contributed by atoms with Gasteiger partial charge in [-0.1, -0.05) is 12.8 Å². The maximum atomic E-state index is 10.3. The van der Waals surface area contributed by atoms with Gasteiger partial charge in [0.1, 0.15) is 0 Å². The molecule has 0 aromatic carbocycles. The number of carbonyl (C=O) groups excluding carboxylic acids is 1. The Balaban J connectivity index is 2.85. The topological polar surface area (TPSA) is 26.3 Å². The van der Waals surface area contributed by atoms with Crippen molar-refractivity contribution in [3.8, 4) is 0 Å². The van der Waals surface area contributed by atoms with E-state index in [0.29, 0.717) is 13.0 Å². The van der Waals surface area contributed by atoms with E-state index in [4.69, 9.17) is 23.5 Å². The minimum absolute atomic E-state index is 0.251. The second kappa shape index (κ2) is 8.31. The molecular weight excluding hydrogens is 187 g/mol. The first kappa shape index (κ1) is 11.2. The lowest BCUT2D eigenvalue weighted by Crippen LogP contribution is -1.88. The van der Waals surface area contributed by atoms with Crippen molar-refractivity contribution in [3.05, 3.63) is 0 Å². The van der Waals surface area contributed by atoms with E-state index >= 15 is 0 Å². The van der Waals surface area contributed by atoms with E-state index in [1.54, 1.807) is 0 Å². The molecule has 4 heteroatoms. The summed E-state index contributed by atoms with van der Waals surface area (Å²) >= 11 is 10.1. The van der Waals surface area contributed by atoms with Crippen LogP contribution in [0.25, 0.3) is 0 Å². The molecule has 11 heavy (non-hydrogen) atoms. The second-order valence-corrected chi connectivity index (χ2v) is 2.97. The van der Waals surface area contributed by atoms with Gasteiger partial charge >= 0.3 is 0 Å². The molecule has 0 saturated heterocycles. The van der Waals surface area contributed by atoms with Gasteiger partial charge in [0.2, 0.25) is 5.24 Å². The molecule has 2 nitrogen and oxygen atoms in total. The molecule has 66 valence electrons. The summed E-state index contributed by atoms with van der Waals surface area (Å²) in [5, 5.41) is -0.251. The van der Waals surface area contributed by atoms with Gasteiger partial charge in [-0.05, 0) is 24.4 Å². The third-order valence-electron chi connectivity index (χ3n) is 1.34. The zero-order valence-electron chi connectivity index (χ0n) is 6.32. The minimum atomic E-state index is -0.251. The van der Waals surface area contributed by atoms with Gasteiger partial charge in [-0.3, -0.25) is 9.08 Å². The van der Waals surface area contributed by atoms with Gasteiger partial charge in [0.05, 0.1) is 18.5 Å². The molecule has 0 bridgehead atoms. The molecule has 0 aliphatic heterocycles. The average molecular weight is 199 g/mol. The molecular formula is C7H12Cl2O2. The molecule has 0 aromatic rings. The molecule has 0 aliphatic carbocycles. The van der Waals surface area contributed by atoms with E-state index < -0.39 is 0 Å². The molecule has 0 spiro atoms. The molecule has 0 amide bonds. The lowest BCUT2D eigenvalue weighted by molar-refractivity contribution is -0.111. The van der Waals surface area contributed by atoms with Crippen molar-refractivity contribution in [2.45, 2.75) is 32.1 Å². The fraction of sp³-hybridized carbons (Fsp3) is 0.857. The van der Waals surface area contributed by atoms with E-state index in [1.165, 1.54) is 0 Å². The molecule has 0 heterocycles. The molecule has 0 aliphatic rings. The van der Waals surface area contributed by atoms with Crippen molar-refractivity contribution in [1.29, 1.82) is 0 Å². The van der Waals surface area contributed by atoms with Gasteiger partial charge in [-0.2, -0.15) is 0 Å². The molecule has 0 saturated carbocycles. The predicted octanol–water partition coefficient (Wildman–Crippen LogP) is 2.87. The van der Waals surface area contributed by atoms with Crippen LogP contribution in [0.4, 0.5) is 0 Å². The summed E-state index contributed by atoms with van der Waals surface area (Å²) in [5.41, 5.74) is 0. The Kier molecular flexibility index (Phi) is 8.47. The van der Waals surface area contributed by atoms with Crippen LogP contribution < -0.4 is 0 Å². The Morgan fingerprint density at radius 1 is 1.18 bits per heavy atom. The normalized spacial score (nSPS) is 10.0. The van der Waals surface area contributed by atoms with Gasteiger partial charge in [0.25, 0.3) is 0 Å². The van der Waals surface area contributed by atoms with Gasteiger partial charge in [-0.25, -0.2) is 0 Å². The zero-order chi connectivity index (χ0) is 8.53. The Morgan fingerprint density at radius 2 is 1.82 bits per heavy atom. The van der Waals surface area contributed by atoms with Crippen LogP contribution in [0, 0.1) is 0 Å². The average Bonchev–Trinajstić information content (AvgIpc) is 1.96. The molecule has 0 atom stereocenters. The van der Waals surface area contributed by atoms with Crippen LogP contribution in [0.1, 0.15) is 32.1 Å². The number of hydrogen-bond donors (Lipinski definition) is 0. The molecule has 0 fully saturated rings. The summed E-state index contributed by atoms with van der Waals surface area (Å²) in [6.45, 7) is 0.580. The van der Waals surface area contributed by atoms with Crippen LogP contribution in [0.5, 0.6) is 0 Å². The molecule has 0 radical (unpaired) electrons. The van der Waals surface area contributed by atoms with Gasteiger partial charge in [-0.15, -0.1) is 0 Å². The first-order valence-corrected chi connectivity index (χ1v) is 4.38. The van der Waals surface area contributed by atoms with Crippen LogP contribution >= 0.6 is 23.5 Å². The minimum Gasteiger partial charge on any atom is -0.281 e. The molecule has 0 N–H and O–H groups in total. The van der Waals surface area contributed by atoms with E-state index in [2.05, 4.69) is 4.29 Å². The third-order valence-corrected chi connectivity index (χ3v) is 1.69. The highest BCUT2D eigenvalue weighted by Crippen LogP contribution is 2.05. The van der Waals surface area contributed by atoms with Crippen molar-refractivity contribution < 1.29 is 9.08 Å². The molecule has 0 aromatic heterocycles. The van der Waals surface area contributed by atoms with Crippen molar-refractivity contribution in [3.63, 3.8) is 0 Å². The lowest BCUT2D eigenvalue weighted by atomic mass is 10.2. The molecule has 0 rings (SSSR count). The highest BCUT2D eigenvalue weighted by Gasteiger charge is 1.95. The Hall–Kier alpha value is 0.210. The number of carbonyl (C=O) groups is 1. The Bertz CT molecular complexity index is 107. The lowest BCUT2D eigenvalue weighted by Gasteiger charge is -1.96. The monoisotopic (exact) mass is 198 g/mol. The van der Waals surface area contributed by atoms with Gasteiger partial charge < -0.3 is 0 Å². The fourth-order valence-corrected chi connectivity index (χ4v) is 1.02. The zero-order valence-corrected chi connectivity index (χ0v) is 7.83. The molecule has 0 unspecified atom stereocenters. The summed E-state index contributed by atoms with van der Waals surface area (Å²) in [7, 11) is 0. The SMILES string of the molecule is O=C(Cl)CCCCCCOCl. The van der Waals surface area contributed by atoms with Gasteiger partial charge in [0.15, 0.2) is 0 Å². The number of halogens is 2. The largest absolute Gasteiger partial charge is 0.281 e. The van der Waals surface area contributed by atoms with Crippen LogP contribution in [0.3, 0.4) is 0 Å². The summed E-state index contributed by atoms with van der Waals surface area (Å²) in [6, 6.07) is 0. The Morgan fingerprint density at radius 3 is 2.36 bits per heavy atom. The third kappa shape index (κ3) is 10.2. The smallest absolute Gasteiger partial charge is 0.221 e. The van der Waals surface area contributed by atoms with E-state index in [-0.39, 0.29) is 5.24 Å². The summed E-state index contributed by atoms with van der Waals surface area (Å²) < 4.78 is 4.35. The summed E-state index contributed by atoms with van der Waals surface area (Å²) in [6.07, 6.45) is 4.34. The maximum Gasteiger partial charge on any atom is 0.221 e. The van der Waals surface area contributed by atoms with Crippen molar-refractivity contribution in [2.75, 3.05) is 6.61 Å². The van der Waals surface area contributed by atoms with Crippen LogP contribution in [-0.2, 0) is 9.08 Å². The predicted molar refractivity (Wildman–Crippen MR) is 45.8 cm³/mol. The fourth-order valence-electron chi connectivity index (χ4n) is 0.774. The summed E-state index contributed by atoms with van der Waals surface area (Å²) in [4.78, 5) is 10.3. The van der Waals surface area contributed by atoms with E-state index in [9.17, 15) is 4.79 Å². The van der Waals surface area contributed by atoms with E-state index in [0.717, 1.165) is 25.7 Å². The standard InChI is InChI=1S/C7H12Cl2O2/c8-7(10)5-3-1-2-4-6-11-9/h1-6H2. The number of hydrogen-bond acceptors (Lipinski definition) is 2. The van der Waals surface area contributed by atoms with Crippen molar-refractivity contribution >= 4 is 28.7 Å². The first-order valence-electron chi connectivity index (χ1n) is 3.69. The van der Waals surface area contributed by atoms with Crippen LogP contribution in [-0.4, -0.2) is 11.8 Å². The maximum absolute atomic E-state index is 10.3. The highest BCUT2D eigenvalue weighted by molar-refractivity contribution is 6.63. The van der Waals surface area contributed by atoms with Gasteiger partial charge in [0, 0.05) is 6.42 Å². The first-order chi connectivity index (χ1) is 5.27. The Labute approximate surface area is 77.0 Å². The van der Waals surface area contributed by atoms with Crippen LogP contribution in [0.2, 0.25) is 0 Å². The summed E-state index contributed by atoms with van der Waals surface area (Å²) in [5.74, 6) is 0. The quantitative estimate of drug-likeness (QED) is 0.465. The van der Waals surface area contributed by atoms with E-state index in [1.807, 2.05) is 0 Å². The highest BCUT2D eigenvalue weighted by atomic mass is 35.5. The number of unbranched alkanes of at least 4 members (excludes halogenated alkanes) is 3. The second-order valence-electron chi connectivity index (χ2n) is 2.33. The number of rotatable bonds is 7. The van der Waals surface area contributed by atoms with Crippen molar-refractivity contribution in [1.82, 2.24) is 0 Å².